The summed E-state index contributed by atoms with van der Waals surface area (Å²) >= 11 is 5.31. The van der Waals surface area contributed by atoms with Crippen molar-refractivity contribution in [2.75, 3.05) is 5.32 Å². The highest BCUT2D eigenvalue weighted by atomic mass is 79.9. The average Bonchev–Trinajstić information content (AvgIpc) is 2.96. The first-order chi connectivity index (χ1) is 8.72. The van der Waals surface area contributed by atoms with Gasteiger partial charge in [-0.3, -0.25) is 0 Å². The highest BCUT2D eigenvalue weighted by molar-refractivity contribution is 9.11. The summed E-state index contributed by atoms with van der Waals surface area (Å²) in [6, 6.07) is 11.5. The largest absolute Gasteiger partial charge is 0.378 e. The Kier molecular flexibility index (Phi) is 3.44. The van der Waals surface area contributed by atoms with Gasteiger partial charge >= 0.3 is 0 Å². The van der Waals surface area contributed by atoms with Gasteiger partial charge in [-0.1, -0.05) is 6.07 Å². The molecule has 0 aliphatic heterocycles. The molecule has 1 aromatic carbocycles. The molecule has 1 aliphatic rings. The summed E-state index contributed by atoms with van der Waals surface area (Å²) in [5.41, 5.74) is 4.30. The molecule has 0 bridgehead atoms. The molecule has 3 heteroatoms. The zero-order valence-corrected chi connectivity index (χ0v) is 12.8. The molecule has 0 spiro atoms. The number of aryl methyl sites for hydroxylation is 2. The first kappa shape index (κ1) is 12.2. The Labute approximate surface area is 120 Å². The summed E-state index contributed by atoms with van der Waals surface area (Å²) in [5.74, 6) is 0. The quantitative estimate of drug-likeness (QED) is 0.822. The minimum atomic E-state index is 0.362. The van der Waals surface area contributed by atoms with Gasteiger partial charge in [0.25, 0.3) is 0 Å². The van der Waals surface area contributed by atoms with Gasteiger partial charge in [0.2, 0.25) is 0 Å². The Morgan fingerprint density at radius 2 is 2.00 bits per heavy atom. The van der Waals surface area contributed by atoms with Gasteiger partial charge in [-0.15, -0.1) is 11.3 Å². The third kappa shape index (κ3) is 2.47. The van der Waals surface area contributed by atoms with E-state index in [9.17, 15) is 0 Å². The van der Waals surface area contributed by atoms with Gasteiger partial charge in [-0.05, 0) is 77.5 Å². The lowest BCUT2D eigenvalue weighted by Crippen LogP contribution is -2.05. The minimum absolute atomic E-state index is 0.362. The van der Waals surface area contributed by atoms with E-state index in [2.05, 4.69) is 58.5 Å². The molecule has 0 saturated carbocycles. The Bertz CT molecular complexity index is 561. The molecule has 3 rings (SSSR count). The SMILES string of the molecule is CC(Nc1ccc2c(c1)CCC2)c1ccc(Br)s1. The fourth-order valence-corrected chi connectivity index (χ4v) is 3.97. The van der Waals surface area contributed by atoms with Crippen molar-refractivity contribution in [3.63, 3.8) is 0 Å². The molecule has 1 N–H and O–H groups in total. The van der Waals surface area contributed by atoms with Crippen LogP contribution in [0.5, 0.6) is 0 Å². The molecule has 0 amide bonds. The lowest BCUT2D eigenvalue weighted by Gasteiger charge is -2.14. The molecular formula is C15H16BrNS. The summed E-state index contributed by atoms with van der Waals surface area (Å²) in [7, 11) is 0. The van der Waals surface area contributed by atoms with Crippen molar-refractivity contribution in [3.05, 3.63) is 50.1 Å². The number of anilines is 1. The van der Waals surface area contributed by atoms with Gasteiger partial charge in [0.1, 0.15) is 0 Å². The van der Waals surface area contributed by atoms with Crippen LogP contribution in [0.4, 0.5) is 5.69 Å². The van der Waals surface area contributed by atoms with E-state index in [1.54, 1.807) is 11.3 Å². The van der Waals surface area contributed by atoms with E-state index in [-0.39, 0.29) is 0 Å². The molecular weight excluding hydrogens is 306 g/mol. The standard InChI is InChI=1S/C15H16BrNS/c1-10(14-7-8-15(16)18-14)17-13-6-5-11-3-2-4-12(11)9-13/h5-10,17H,2-4H2,1H3. The second-order valence-corrected chi connectivity index (χ2v) is 7.34. The van der Waals surface area contributed by atoms with Crippen LogP contribution in [0.1, 0.15) is 35.4 Å². The predicted molar refractivity (Wildman–Crippen MR) is 82.5 cm³/mol. The van der Waals surface area contributed by atoms with Gasteiger partial charge < -0.3 is 5.32 Å². The van der Waals surface area contributed by atoms with Crippen LogP contribution in [0.3, 0.4) is 0 Å². The van der Waals surface area contributed by atoms with Gasteiger partial charge in [0, 0.05) is 10.6 Å². The molecule has 1 atom stereocenters. The molecule has 94 valence electrons. The molecule has 0 radical (unpaired) electrons. The van der Waals surface area contributed by atoms with E-state index in [0.29, 0.717) is 6.04 Å². The first-order valence-corrected chi connectivity index (χ1v) is 7.97. The van der Waals surface area contributed by atoms with Crippen LogP contribution in [0, 0.1) is 0 Å². The maximum Gasteiger partial charge on any atom is 0.0702 e. The normalized spacial score (nSPS) is 15.4. The molecule has 1 heterocycles. The summed E-state index contributed by atoms with van der Waals surface area (Å²) < 4.78 is 1.19. The summed E-state index contributed by atoms with van der Waals surface area (Å²) in [4.78, 5) is 1.36. The Morgan fingerprint density at radius 1 is 1.17 bits per heavy atom. The van der Waals surface area contributed by atoms with Crippen molar-refractivity contribution in [1.29, 1.82) is 0 Å². The van der Waals surface area contributed by atoms with Crippen LogP contribution >= 0.6 is 27.3 Å². The molecule has 18 heavy (non-hydrogen) atoms. The summed E-state index contributed by atoms with van der Waals surface area (Å²) in [6.45, 7) is 2.21. The maximum atomic E-state index is 3.59. The van der Waals surface area contributed by atoms with E-state index >= 15 is 0 Å². The van der Waals surface area contributed by atoms with E-state index in [4.69, 9.17) is 0 Å². The van der Waals surface area contributed by atoms with Crippen LogP contribution in [0.25, 0.3) is 0 Å². The minimum Gasteiger partial charge on any atom is -0.378 e. The van der Waals surface area contributed by atoms with Crippen LogP contribution in [-0.2, 0) is 12.8 Å². The van der Waals surface area contributed by atoms with Crippen LogP contribution in [0.2, 0.25) is 0 Å². The molecule has 0 saturated heterocycles. The van der Waals surface area contributed by atoms with Gasteiger partial charge in [0.15, 0.2) is 0 Å². The zero-order chi connectivity index (χ0) is 12.5. The van der Waals surface area contributed by atoms with Gasteiger partial charge in [-0.25, -0.2) is 0 Å². The Balaban J connectivity index is 1.76. The monoisotopic (exact) mass is 321 g/mol. The molecule has 1 nitrogen and oxygen atoms in total. The van der Waals surface area contributed by atoms with Crippen molar-refractivity contribution >= 4 is 33.0 Å². The van der Waals surface area contributed by atoms with Crippen molar-refractivity contribution in [2.45, 2.75) is 32.2 Å². The number of nitrogens with one attached hydrogen (secondary N) is 1. The number of hydrogen-bond donors (Lipinski definition) is 1. The number of halogens is 1. The van der Waals surface area contributed by atoms with E-state index < -0.39 is 0 Å². The number of fused-ring (bicyclic) bond motifs is 1. The molecule has 0 fully saturated rings. The average molecular weight is 322 g/mol. The molecule has 2 aromatic rings. The molecule has 1 aromatic heterocycles. The maximum absolute atomic E-state index is 3.59. The second kappa shape index (κ2) is 5.06. The predicted octanol–water partition coefficient (Wildman–Crippen LogP) is 5.17. The number of thiophene rings is 1. The highest BCUT2D eigenvalue weighted by Gasteiger charge is 2.12. The van der Waals surface area contributed by atoms with Crippen LogP contribution in [0.15, 0.2) is 34.1 Å². The van der Waals surface area contributed by atoms with Crippen molar-refractivity contribution in [3.8, 4) is 0 Å². The van der Waals surface area contributed by atoms with E-state index in [1.165, 1.54) is 44.7 Å². The van der Waals surface area contributed by atoms with E-state index in [0.717, 1.165) is 0 Å². The van der Waals surface area contributed by atoms with Gasteiger partial charge in [-0.2, -0.15) is 0 Å². The number of hydrogen-bond acceptors (Lipinski definition) is 2. The van der Waals surface area contributed by atoms with E-state index in [1.807, 2.05) is 0 Å². The highest BCUT2D eigenvalue weighted by Crippen LogP contribution is 2.31. The van der Waals surface area contributed by atoms with Crippen molar-refractivity contribution in [2.24, 2.45) is 0 Å². The zero-order valence-electron chi connectivity index (χ0n) is 10.4. The third-order valence-electron chi connectivity index (χ3n) is 3.50. The van der Waals surface area contributed by atoms with Crippen LogP contribution < -0.4 is 5.32 Å². The smallest absolute Gasteiger partial charge is 0.0702 e. The lowest BCUT2D eigenvalue weighted by atomic mass is 10.1. The topological polar surface area (TPSA) is 12.0 Å². The molecule has 1 unspecified atom stereocenters. The summed E-state index contributed by atoms with van der Waals surface area (Å²) in [6.07, 6.45) is 3.80. The first-order valence-electron chi connectivity index (χ1n) is 6.36. The Morgan fingerprint density at radius 3 is 2.78 bits per heavy atom. The van der Waals surface area contributed by atoms with Crippen LogP contribution in [-0.4, -0.2) is 0 Å². The third-order valence-corrected chi connectivity index (χ3v) is 5.31. The fourth-order valence-electron chi connectivity index (χ4n) is 2.54. The number of benzene rings is 1. The Hall–Kier alpha value is -0.800. The molecule has 1 aliphatic carbocycles. The lowest BCUT2D eigenvalue weighted by molar-refractivity contribution is 0.905. The van der Waals surface area contributed by atoms with Crippen molar-refractivity contribution in [1.82, 2.24) is 0 Å². The summed E-state index contributed by atoms with van der Waals surface area (Å²) in [5, 5.41) is 3.59. The van der Waals surface area contributed by atoms with Gasteiger partial charge in [0.05, 0.1) is 9.83 Å². The fraction of sp³-hybridized carbons (Fsp3) is 0.333. The second-order valence-electron chi connectivity index (χ2n) is 4.84. The van der Waals surface area contributed by atoms with Crippen molar-refractivity contribution < 1.29 is 0 Å². The number of rotatable bonds is 3.